The summed E-state index contributed by atoms with van der Waals surface area (Å²) < 4.78 is 2.30. The summed E-state index contributed by atoms with van der Waals surface area (Å²) in [6.45, 7) is 3.54. The van der Waals surface area contributed by atoms with Crippen LogP contribution >= 0.6 is 0 Å². The molecule has 3 nitrogen and oxygen atoms in total. The molecule has 0 saturated carbocycles. The Labute approximate surface area is 108 Å². The number of aryl methyl sites for hydroxylation is 1. The van der Waals surface area contributed by atoms with Gasteiger partial charge in [-0.25, -0.2) is 0 Å². The van der Waals surface area contributed by atoms with Gasteiger partial charge in [-0.1, -0.05) is 6.42 Å². The lowest BCUT2D eigenvalue weighted by Crippen LogP contribution is -2.29. The van der Waals surface area contributed by atoms with Gasteiger partial charge in [0.25, 0.3) is 0 Å². The monoisotopic (exact) mass is 243 g/mol. The van der Waals surface area contributed by atoms with Crippen molar-refractivity contribution in [3.05, 3.63) is 30.0 Å². The molecule has 0 radical (unpaired) electrons. The smallest absolute Gasteiger partial charge is 0.0481 e. The molecule has 96 valence electrons. The molecule has 0 bridgehead atoms. The second-order valence-electron chi connectivity index (χ2n) is 5.35. The van der Waals surface area contributed by atoms with Gasteiger partial charge in [0.1, 0.15) is 0 Å². The van der Waals surface area contributed by atoms with E-state index in [4.69, 9.17) is 5.73 Å². The minimum Gasteiger partial charge on any atom is -0.399 e. The number of anilines is 1. The van der Waals surface area contributed by atoms with Gasteiger partial charge in [-0.3, -0.25) is 4.90 Å². The van der Waals surface area contributed by atoms with Crippen LogP contribution in [0, 0.1) is 0 Å². The SMILES string of the molecule is Cn1c(CN2CCCCC2)cc2cc(N)ccc21. The molecule has 0 aliphatic carbocycles. The number of piperidine rings is 1. The molecular formula is C15H21N3. The van der Waals surface area contributed by atoms with Gasteiger partial charge in [0.15, 0.2) is 0 Å². The summed E-state index contributed by atoms with van der Waals surface area (Å²) in [5.41, 5.74) is 9.35. The maximum atomic E-state index is 5.85. The fourth-order valence-corrected chi connectivity index (χ4v) is 2.92. The Kier molecular flexibility index (Phi) is 3.00. The van der Waals surface area contributed by atoms with E-state index in [0.29, 0.717) is 0 Å². The van der Waals surface area contributed by atoms with Crippen molar-refractivity contribution >= 4 is 16.6 Å². The molecule has 1 saturated heterocycles. The lowest BCUT2D eigenvalue weighted by Gasteiger charge is -2.26. The summed E-state index contributed by atoms with van der Waals surface area (Å²) in [6.07, 6.45) is 4.08. The minimum absolute atomic E-state index is 0.845. The van der Waals surface area contributed by atoms with Crippen LogP contribution in [0.25, 0.3) is 10.9 Å². The van der Waals surface area contributed by atoms with Crippen LogP contribution in [-0.4, -0.2) is 22.6 Å². The molecule has 1 aromatic carbocycles. The standard InChI is InChI=1S/C15H21N3/c1-17-14(11-18-7-3-2-4-8-18)10-12-9-13(16)5-6-15(12)17/h5-6,9-10H,2-4,7-8,11,16H2,1H3. The second-order valence-corrected chi connectivity index (χ2v) is 5.35. The molecule has 0 spiro atoms. The van der Waals surface area contributed by atoms with E-state index in [9.17, 15) is 0 Å². The molecule has 2 heterocycles. The van der Waals surface area contributed by atoms with Crippen LogP contribution in [0.5, 0.6) is 0 Å². The zero-order chi connectivity index (χ0) is 12.5. The molecule has 1 aromatic heterocycles. The van der Waals surface area contributed by atoms with Crippen molar-refractivity contribution in [3.8, 4) is 0 Å². The summed E-state index contributed by atoms with van der Waals surface area (Å²) >= 11 is 0. The molecule has 1 fully saturated rings. The number of fused-ring (bicyclic) bond motifs is 1. The van der Waals surface area contributed by atoms with Gasteiger partial charge >= 0.3 is 0 Å². The molecule has 0 amide bonds. The molecule has 3 rings (SSSR count). The van der Waals surface area contributed by atoms with Crippen LogP contribution in [0.1, 0.15) is 25.0 Å². The van der Waals surface area contributed by atoms with Gasteiger partial charge in [0.05, 0.1) is 0 Å². The predicted octanol–water partition coefficient (Wildman–Crippen LogP) is 2.75. The van der Waals surface area contributed by atoms with Crippen molar-refractivity contribution in [3.63, 3.8) is 0 Å². The molecule has 0 unspecified atom stereocenters. The highest BCUT2D eigenvalue weighted by Gasteiger charge is 2.13. The van der Waals surface area contributed by atoms with Crippen LogP contribution in [0.2, 0.25) is 0 Å². The van der Waals surface area contributed by atoms with Gasteiger partial charge < -0.3 is 10.3 Å². The fourth-order valence-electron chi connectivity index (χ4n) is 2.92. The van der Waals surface area contributed by atoms with Crippen molar-refractivity contribution in [2.24, 2.45) is 7.05 Å². The Balaban J connectivity index is 1.89. The van der Waals surface area contributed by atoms with Gasteiger partial charge in [0.2, 0.25) is 0 Å². The third-order valence-corrected chi connectivity index (χ3v) is 4.00. The second kappa shape index (κ2) is 4.65. The van der Waals surface area contributed by atoms with Crippen molar-refractivity contribution in [2.75, 3.05) is 18.8 Å². The summed E-state index contributed by atoms with van der Waals surface area (Å²) in [5.74, 6) is 0. The Morgan fingerprint density at radius 1 is 1.11 bits per heavy atom. The molecule has 0 atom stereocenters. The Morgan fingerprint density at radius 2 is 1.89 bits per heavy atom. The van der Waals surface area contributed by atoms with Crippen molar-refractivity contribution in [2.45, 2.75) is 25.8 Å². The first kappa shape index (κ1) is 11.6. The number of nitrogens with zero attached hydrogens (tertiary/aromatic N) is 2. The number of hydrogen-bond donors (Lipinski definition) is 1. The summed E-state index contributed by atoms with van der Waals surface area (Å²) in [6, 6.07) is 8.44. The van der Waals surface area contributed by atoms with E-state index in [1.54, 1.807) is 0 Å². The molecule has 18 heavy (non-hydrogen) atoms. The van der Waals surface area contributed by atoms with E-state index < -0.39 is 0 Å². The number of aromatic nitrogens is 1. The minimum atomic E-state index is 0.845. The summed E-state index contributed by atoms with van der Waals surface area (Å²) in [5, 5.41) is 1.25. The van der Waals surface area contributed by atoms with Crippen molar-refractivity contribution in [1.82, 2.24) is 9.47 Å². The largest absolute Gasteiger partial charge is 0.399 e. The topological polar surface area (TPSA) is 34.2 Å². The van der Waals surface area contributed by atoms with E-state index in [1.807, 2.05) is 6.07 Å². The first-order valence-corrected chi connectivity index (χ1v) is 6.80. The highest BCUT2D eigenvalue weighted by Crippen LogP contribution is 2.23. The lowest BCUT2D eigenvalue weighted by atomic mass is 10.1. The zero-order valence-corrected chi connectivity index (χ0v) is 11.0. The molecule has 2 aromatic rings. The van der Waals surface area contributed by atoms with Crippen LogP contribution in [0.15, 0.2) is 24.3 Å². The van der Waals surface area contributed by atoms with Gasteiger partial charge in [-0.05, 0) is 50.2 Å². The van der Waals surface area contributed by atoms with Crippen LogP contribution in [-0.2, 0) is 13.6 Å². The Hall–Kier alpha value is -1.48. The zero-order valence-electron chi connectivity index (χ0n) is 11.0. The highest BCUT2D eigenvalue weighted by atomic mass is 15.1. The van der Waals surface area contributed by atoms with Crippen molar-refractivity contribution < 1.29 is 0 Å². The van der Waals surface area contributed by atoms with Gasteiger partial charge in [-0.2, -0.15) is 0 Å². The van der Waals surface area contributed by atoms with Crippen LogP contribution in [0.3, 0.4) is 0 Å². The van der Waals surface area contributed by atoms with E-state index in [1.165, 1.54) is 48.9 Å². The number of hydrogen-bond acceptors (Lipinski definition) is 2. The normalized spacial score (nSPS) is 17.4. The molecular weight excluding hydrogens is 222 g/mol. The number of likely N-dealkylation sites (tertiary alicyclic amines) is 1. The van der Waals surface area contributed by atoms with E-state index in [0.717, 1.165) is 12.2 Å². The van der Waals surface area contributed by atoms with Gasteiger partial charge in [-0.15, -0.1) is 0 Å². The maximum Gasteiger partial charge on any atom is 0.0481 e. The van der Waals surface area contributed by atoms with Gasteiger partial charge in [0, 0.05) is 35.9 Å². The number of nitrogens with two attached hydrogens (primary N) is 1. The van der Waals surface area contributed by atoms with Crippen LogP contribution in [0.4, 0.5) is 5.69 Å². The summed E-state index contributed by atoms with van der Waals surface area (Å²) in [4.78, 5) is 2.56. The van der Waals surface area contributed by atoms with E-state index in [2.05, 4.69) is 34.7 Å². The lowest BCUT2D eigenvalue weighted by molar-refractivity contribution is 0.217. The molecule has 1 aliphatic heterocycles. The molecule has 3 heteroatoms. The predicted molar refractivity (Wildman–Crippen MR) is 76.5 cm³/mol. The number of nitrogen functional groups attached to an aromatic ring is 1. The van der Waals surface area contributed by atoms with Crippen molar-refractivity contribution in [1.29, 1.82) is 0 Å². The number of benzene rings is 1. The first-order chi connectivity index (χ1) is 8.74. The summed E-state index contributed by atoms with van der Waals surface area (Å²) in [7, 11) is 2.15. The Morgan fingerprint density at radius 3 is 2.67 bits per heavy atom. The highest BCUT2D eigenvalue weighted by molar-refractivity contribution is 5.84. The van der Waals surface area contributed by atoms with E-state index in [-0.39, 0.29) is 0 Å². The fraction of sp³-hybridized carbons (Fsp3) is 0.467. The number of rotatable bonds is 2. The van der Waals surface area contributed by atoms with E-state index >= 15 is 0 Å². The quantitative estimate of drug-likeness (QED) is 0.823. The third kappa shape index (κ3) is 2.10. The first-order valence-electron chi connectivity index (χ1n) is 6.80. The molecule has 2 N–H and O–H groups in total. The Bertz CT molecular complexity index is 550. The van der Waals surface area contributed by atoms with Crippen LogP contribution < -0.4 is 5.73 Å². The average molecular weight is 243 g/mol. The maximum absolute atomic E-state index is 5.85. The average Bonchev–Trinajstić information content (AvgIpc) is 2.67. The molecule has 1 aliphatic rings. The third-order valence-electron chi connectivity index (χ3n) is 4.00.